The first-order chi connectivity index (χ1) is 11.6. The van der Waals surface area contributed by atoms with E-state index in [9.17, 15) is 14.4 Å². The maximum absolute atomic E-state index is 12.1. The van der Waals surface area contributed by atoms with Crippen molar-refractivity contribution in [2.45, 2.75) is 44.6 Å². The van der Waals surface area contributed by atoms with Crippen molar-refractivity contribution < 1.29 is 23.5 Å². The Balaban J connectivity index is 1.61. The number of nitrogens with one attached hydrogen (secondary N) is 1. The molecule has 2 amide bonds. The van der Waals surface area contributed by atoms with Crippen molar-refractivity contribution >= 4 is 17.8 Å². The zero-order chi connectivity index (χ0) is 17.4. The zero-order valence-corrected chi connectivity index (χ0v) is 14.0. The fourth-order valence-electron chi connectivity index (χ4n) is 2.76. The lowest BCUT2D eigenvalue weighted by Crippen LogP contribution is -2.40. The molecule has 7 nitrogen and oxygen atoms in total. The third-order valence-electron chi connectivity index (χ3n) is 4.23. The number of carbonyl (C=O) groups is 3. The Bertz CT molecular complexity index is 549. The van der Waals surface area contributed by atoms with Crippen LogP contribution in [0.15, 0.2) is 22.8 Å². The lowest BCUT2D eigenvalue weighted by Gasteiger charge is -2.31. The van der Waals surface area contributed by atoms with Gasteiger partial charge in [0.25, 0.3) is 11.8 Å². The Morgan fingerprint density at radius 2 is 2.04 bits per heavy atom. The summed E-state index contributed by atoms with van der Waals surface area (Å²) < 4.78 is 9.92. The predicted molar refractivity (Wildman–Crippen MR) is 86.3 cm³/mol. The van der Waals surface area contributed by atoms with Gasteiger partial charge in [-0.3, -0.25) is 14.4 Å². The minimum absolute atomic E-state index is 0.00682. The number of carbonyl (C=O) groups excluding carboxylic acids is 3. The van der Waals surface area contributed by atoms with Crippen LogP contribution >= 0.6 is 0 Å². The minimum Gasteiger partial charge on any atom is -0.459 e. The normalized spacial score (nSPS) is 14.9. The van der Waals surface area contributed by atoms with Crippen molar-refractivity contribution in [1.82, 2.24) is 10.2 Å². The van der Waals surface area contributed by atoms with E-state index in [1.165, 1.54) is 18.8 Å². The summed E-state index contributed by atoms with van der Waals surface area (Å²) in [7, 11) is 1.76. The Morgan fingerprint density at radius 3 is 2.71 bits per heavy atom. The SMILES string of the molecule is CN(C(=O)COC(=O)CCNC(=O)c1ccco1)C1CCCCC1. The van der Waals surface area contributed by atoms with Crippen LogP contribution in [0.25, 0.3) is 0 Å². The van der Waals surface area contributed by atoms with Gasteiger partial charge in [0.05, 0.1) is 12.7 Å². The maximum Gasteiger partial charge on any atom is 0.308 e. The summed E-state index contributed by atoms with van der Waals surface area (Å²) in [6, 6.07) is 3.39. The second kappa shape index (κ2) is 9.10. The molecule has 1 fully saturated rings. The van der Waals surface area contributed by atoms with Crippen LogP contribution in [-0.4, -0.2) is 48.9 Å². The molecule has 1 aliphatic rings. The standard InChI is InChI=1S/C17H24N2O5/c1-19(13-6-3-2-4-7-13)15(20)12-24-16(21)9-10-18-17(22)14-8-5-11-23-14/h5,8,11,13H,2-4,6-7,9-10,12H2,1H3,(H,18,22). The van der Waals surface area contributed by atoms with Crippen molar-refractivity contribution in [2.24, 2.45) is 0 Å². The first-order valence-corrected chi connectivity index (χ1v) is 8.31. The fraction of sp³-hybridized carbons (Fsp3) is 0.588. The van der Waals surface area contributed by atoms with E-state index >= 15 is 0 Å². The van der Waals surface area contributed by atoms with E-state index in [-0.39, 0.29) is 43.2 Å². The van der Waals surface area contributed by atoms with E-state index in [0.717, 1.165) is 25.7 Å². The Labute approximate surface area is 141 Å². The number of furan rings is 1. The molecule has 1 aliphatic carbocycles. The predicted octanol–water partition coefficient (Wildman–Crippen LogP) is 1.73. The zero-order valence-electron chi connectivity index (χ0n) is 14.0. The Kier molecular flexibility index (Phi) is 6.84. The summed E-state index contributed by atoms with van der Waals surface area (Å²) in [4.78, 5) is 37.0. The van der Waals surface area contributed by atoms with E-state index in [1.807, 2.05) is 0 Å². The molecule has 24 heavy (non-hydrogen) atoms. The lowest BCUT2D eigenvalue weighted by atomic mass is 9.94. The highest BCUT2D eigenvalue weighted by atomic mass is 16.5. The molecule has 1 aromatic rings. The van der Waals surface area contributed by atoms with Crippen molar-refractivity contribution in [3.05, 3.63) is 24.2 Å². The van der Waals surface area contributed by atoms with Crippen LogP contribution in [0, 0.1) is 0 Å². The van der Waals surface area contributed by atoms with Crippen LogP contribution in [0.2, 0.25) is 0 Å². The minimum atomic E-state index is -0.514. The lowest BCUT2D eigenvalue weighted by molar-refractivity contribution is -0.152. The third-order valence-corrected chi connectivity index (χ3v) is 4.23. The number of esters is 1. The molecule has 132 valence electrons. The molecule has 0 unspecified atom stereocenters. The smallest absolute Gasteiger partial charge is 0.308 e. The number of amides is 2. The molecule has 1 aromatic heterocycles. The molecular formula is C17H24N2O5. The van der Waals surface area contributed by atoms with E-state index in [4.69, 9.17) is 9.15 Å². The van der Waals surface area contributed by atoms with Gasteiger partial charge in [0, 0.05) is 19.6 Å². The summed E-state index contributed by atoms with van der Waals surface area (Å²) in [6.07, 6.45) is 6.92. The monoisotopic (exact) mass is 336 g/mol. The van der Waals surface area contributed by atoms with Gasteiger partial charge in [0.1, 0.15) is 0 Å². The average Bonchev–Trinajstić information content (AvgIpc) is 3.14. The number of nitrogens with zero attached hydrogens (tertiary/aromatic N) is 1. The molecule has 0 bridgehead atoms. The van der Waals surface area contributed by atoms with Crippen molar-refractivity contribution in [3.63, 3.8) is 0 Å². The average molecular weight is 336 g/mol. The van der Waals surface area contributed by atoms with Crippen molar-refractivity contribution in [2.75, 3.05) is 20.2 Å². The summed E-state index contributed by atoms with van der Waals surface area (Å²) in [6.45, 7) is -0.122. The summed E-state index contributed by atoms with van der Waals surface area (Å²) in [5.74, 6) is -0.899. The molecule has 7 heteroatoms. The van der Waals surface area contributed by atoms with Gasteiger partial charge in [0.15, 0.2) is 12.4 Å². The summed E-state index contributed by atoms with van der Waals surface area (Å²) >= 11 is 0. The van der Waals surface area contributed by atoms with Gasteiger partial charge >= 0.3 is 5.97 Å². The third kappa shape index (κ3) is 5.40. The van der Waals surface area contributed by atoms with Gasteiger partial charge in [-0.25, -0.2) is 0 Å². The van der Waals surface area contributed by atoms with Crippen LogP contribution < -0.4 is 5.32 Å². The molecule has 0 spiro atoms. The van der Waals surface area contributed by atoms with Crippen LogP contribution in [0.1, 0.15) is 49.1 Å². The van der Waals surface area contributed by atoms with Gasteiger partial charge in [-0.2, -0.15) is 0 Å². The highest BCUT2D eigenvalue weighted by Gasteiger charge is 2.22. The molecule has 1 heterocycles. The highest BCUT2D eigenvalue weighted by molar-refractivity contribution is 5.91. The van der Waals surface area contributed by atoms with Crippen LogP contribution in [-0.2, 0) is 14.3 Å². The van der Waals surface area contributed by atoms with Crippen molar-refractivity contribution in [1.29, 1.82) is 0 Å². The first-order valence-electron chi connectivity index (χ1n) is 8.31. The maximum atomic E-state index is 12.1. The molecule has 2 rings (SSSR count). The summed E-state index contributed by atoms with van der Waals surface area (Å²) in [5, 5.41) is 2.55. The van der Waals surface area contributed by atoms with Crippen molar-refractivity contribution in [3.8, 4) is 0 Å². The molecule has 0 atom stereocenters. The number of rotatable bonds is 7. The largest absolute Gasteiger partial charge is 0.459 e. The second-order valence-corrected chi connectivity index (χ2v) is 5.94. The molecular weight excluding hydrogens is 312 g/mol. The topological polar surface area (TPSA) is 88.9 Å². The molecule has 0 saturated heterocycles. The van der Waals surface area contributed by atoms with E-state index in [2.05, 4.69) is 5.32 Å². The number of ether oxygens (including phenoxy) is 1. The Morgan fingerprint density at radius 1 is 1.29 bits per heavy atom. The van der Waals surface area contributed by atoms with Gasteiger partial charge < -0.3 is 19.4 Å². The number of hydrogen-bond acceptors (Lipinski definition) is 5. The van der Waals surface area contributed by atoms with Gasteiger partial charge in [0.2, 0.25) is 0 Å². The molecule has 0 aliphatic heterocycles. The van der Waals surface area contributed by atoms with Crippen LogP contribution in [0.3, 0.4) is 0 Å². The van der Waals surface area contributed by atoms with Crippen LogP contribution in [0.4, 0.5) is 0 Å². The molecule has 1 saturated carbocycles. The van der Waals surface area contributed by atoms with Gasteiger partial charge in [-0.15, -0.1) is 0 Å². The second-order valence-electron chi connectivity index (χ2n) is 5.94. The van der Waals surface area contributed by atoms with E-state index in [1.54, 1.807) is 18.0 Å². The number of hydrogen-bond donors (Lipinski definition) is 1. The molecule has 0 aromatic carbocycles. The number of likely N-dealkylation sites (N-methyl/N-ethyl adjacent to an activating group) is 1. The fourth-order valence-corrected chi connectivity index (χ4v) is 2.76. The Hall–Kier alpha value is -2.31. The molecule has 0 radical (unpaired) electrons. The van der Waals surface area contributed by atoms with Gasteiger partial charge in [-0.1, -0.05) is 19.3 Å². The van der Waals surface area contributed by atoms with Crippen LogP contribution in [0.5, 0.6) is 0 Å². The van der Waals surface area contributed by atoms with Gasteiger partial charge in [-0.05, 0) is 25.0 Å². The van der Waals surface area contributed by atoms with E-state index < -0.39 is 5.97 Å². The molecule has 1 N–H and O–H groups in total. The van der Waals surface area contributed by atoms with E-state index in [0.29, 0.717) is 0 Å². The quantitative estimate of drug-likeness (QED) is 0.766. The highest BCUT2D eigenvalue weighted by Crippen LogP contribution is 2.21. The first kappa shape index (κ1) is 18.0. The summed E-state index contributed by atoms with van der Waals surface area (Å²) in [5.41, 5.74) is 0.